The van der Waals surface area contributed by atoms with Gasteiger partial charge in [-0.15, -0.1) is 0 Å². The van der Waals surface area contributed by atoms with E-state index in [4.69, 9.17) is 0 Å². The van der Waals surface area contributed by atoms with Gasteiger partial charge in [0.1, 0.15) is 0 Å². The molecule has 13 aromatic rings. The normalized spacial score (nSPS) is 12.2. The molecule has 14 rings (SSSR count). The summed E-state index contributed by atoms with van der Waals surface area (Å²) in [4.78, 5) is 4.86. The molecule has 1 aliphatic carbocycles. The molecule has 372 valence electrons. The van der Waals surface area contributed by atoms with E-state index in [0.717, 1.165) is 50.8 Å². The third-order valence-electron chi connectivity index (χ3n) is 15.9. The number of anilines is 6. The van der Waals surface area contributed by atoms with Crippen LogP contribution in [0, 0.1) is 0 Å². The third-order valence-corrected chi connectivity index (χ3v) is 15.9. The molecule has 0 radical (unpaired) electrons. The molecule has 0 atom stereocenters. The lowest BCUT2D eigenvalue weighted by Gasteiger charge is -2.35. The molecule has 0 saturated carbocycles. The van der Waals surface area contributed by atoms with Crippen molar-refractivity contribution in [2.45, 2.75) is 5.41 Å². The maximum absolute atomic E-state index is 2.47. The largest absolute Gasteiger partial charge is 0.310 e. The van der Waals surface area contributed by atoms with Crippen molar-refractivity contribution < 1.29 is 0 Å². The lowest BCUT2D eigenvalue weighted by molar-refractivity contribution is 0.768. The van der Waals surface area contributed by atoms with Gasteiger partial charge in [0, 0.05) is 34.1 Å². The Hall–Kier alpha value is -10.3. The summed E-state index contributed by atoms with van der Waals surface area (Å²) < 4.78 is 0. The van der Waals surface area contributed by atoms with Gasteiger partial charge in [0.25, 0.3) is 0 Å². The first kappa shape index (κ1) is 47.2. The fraction of sp³-hybridized carbons (Fsp3) is 0.0130. The second-order valence-electron chi connectivity index (χ2n) is 20.4. The molecule has 0 amide bonds. The average Bonchev–Trinajstić information content (AvgIpc) is 4.10. The molecule has 2 heteroatoms. The number of rotatable bonds is 12. The summed E-state index contributed by atoms with van der Waals surface area (Å²) in [7, 11) is 0. The molecule has 0 N–H and O–H groups in total. The second-order valence-corrected chi connectivity index (χ2v) is 20.4. The Bertz CT molecular complexity index is 4230. The number of hydrogen-bond donors (Lipinski definition) is 0. The van der Waals surface area contributed by atoms with Crippen LogP contribution < -0.4 is 9.80 Å². The minimum atomic E-state index is -0.572. The second kappa shape index (κ2) is 20.3. The zero-order chi connectivity index (χ0) is 52.5. The van der Waals surface area contributed by atoms with Crippen LogP contribution in [0.2, 0.25) is 0 Å². The van der Waals surface area contributed by atoms with Gasteiger partial charge in [0.2, 0.25) is 0 Å². The van der Waals surface area contributed by atoms with E-state index in [1.807, 2.05) is 0 Å². The van der Waals surface area contributed by atoms with Gasteiger partial charge < -0.3 is 9.80 Å². The Morgan fingerprint density at radius 3 is 1.32 bits per heavy atom. The van der Waals surface area contributed by atoms with Gasteiger partial charge in [-0.05, 0) is 161 Å². The Balaban J connectivity index is 1.01. The maximum Gasteiger partial charge on any atom is 0.0714 e. The summed E-state index contributed by atoms with van der Waals surface area (Å²) in [6, 6.07) is 120. The van der Waals surface area contributed by atoms with Crippen molar-refractivity contribution in [3.8, 4) is 55.6 Å². The van der Waals surface area contributed by atoms with Crippen LogP contribution in [0.5, 0.6) is 0 Å². The van der Waals surface area contributed by atoms with E-state index in [2.05, 4.69) is 337 Å². The molecule has 0 saturated heterocycles. The van der Waals surface area contributed by atoms with Crippen LogP contribution >= 0.6 is 0 Å². The first-order valence-corrected chi connectivity index (χ1v) is 27.2. The Morgan fingerprint density at radius 2 is 0.671 bits per heavy atom. The third kappa shape index (κ3) is 8.48. The Kier molecular flexibility index (Phi) is 12.2. The van der Waals surface area contributed by atoms with Gasteiger partial charge in [-0.25, -0.2) is 0 Å². The number of fused-ring (bicyclic) bond motifs is 4. The smallest absolute Gasteiger partial charge is 0.0714 e. The van der Waals surface area contributed by atoms with E-state index < -0.39 is 5.41 Å². The van der Waals surface area contributed by atoms with Gasteiger partial charge in [0.05, 0.1) is 5.41 Å². The summed E-state index contributed by atoms with van der Waals surface area (Å²) in [5, 5.41) is 2.45. The number of benzene rings is 13. The zero-order valence-electron chi connectivity index (χ0n) is 43.6. The van der Waals surface area contributed by atoms with E-state index in [1.165, 1.54) is 72.0 Å². The van der Waals surface area contributed by atoms with E-state index in [1.54, 1.807) is 0 Å². The van der Waals surface area contributed by atoms with Crippen molar-refractivity contribution in [2.75, 3.05) is 9.80 Å². The lowest BCUT2D eigenvalue weighted by atomic mass is 9.67. The molecule has 79 heavy (non-hydrogen) atoms. The van der Waals surface area contributed by atoms with Gasteiger partial charge in [-0.1, -0.05) is 255 Å². The molecule has 2 nitrogen and oxygen atoms in total. The average molecular weight is 1010 g/mol. The van der Waals surface area contributed by atoms with Crippen molar-refractivity contribution in [2.24, 2.45) is 0 Å². The van der Waals surface area contributed by atoms with Crippen LogP contribution in [-0.2, 0) is 5.41 Å². The first-order chi connectivity index (χ1) is 39.2. The highest BCUT2D eigenvalue weighted by molar-refractivity contribution is 6.04. The minimum absolute atomic E-state index is 0.572. The Morgan fingerprint density at radius 1 is 0.215 bits per heavy atom. The summed E-state index contributed by atoms with van der Waals surface area (Å²) in [5.74, 6) is 0. The van der Waals surface area contributed by atoms with Crippen LogP contribution in [0.15, 0.2) is 328 Å². The van der Waals surface area contributed by atoms with Gasteiger partial charge in [-0.2, -0.15) is 0 Å². The number of para-hydroxylation sites is 2. The fourth-order valence-corrected chi connectivity index (χ4v) is 12.4. The summed E-state index contributed by atoms with van der Waals surface area (Å²) in [5.41, 5.74) is 22.6. The predicted molar refractivity (Wildman–Crippen MR) is 332 cm³/mol. The SMILES string of the molecule is c1ccc(-c2ccc(N(c3ccccc3)c3cc(-c4cccc(-c5ccc6ccccc6c5-c5ccccc5)c4)cc(N(c4ccccc4)c4ccc5c(c4)C(c4ccccc4)(c4ccccc4)c4ccccc4-5)c3)cc2)cc1. The lowest BCUT2D eigenvalue weighted by Crippen LogP contribution is -2.28. The number of hydrogen-bond acceptors (Lipinski definition) is 2. The molecular weight excluding hydrogens is 953 g/mol. The van der Waals surface area contributed by atoms with Crippen molar-refractivity contribution in [1.82, 2.24) is 0 Å². The van der Waals surface area contributed by atoms with E-state index in [-0.39, 0.29) is 0 Å². The van der Waals surface area contributed by atoms with Crippen molar-refractivity contribution in [1.29, 1.82) is 0 Å². The van der Waals surface area contributed by atoms with Crippen LogP contribution in [0.1, 0.15) is 22.3 Å². The molecular formula is C77H54N2. The highest BCUT2D eigenvalue weighted by Crippen LogP contribution is 2.57. The van der Waals surface area contributed by atoms with Crippen LogP contribution in [0.25, 0.3) is 66.4 Å². The van der Waals surface area contributed by atoms with Crippen LogP contribution in [0.3, 0.4) is 0 Å². The topological polar surface area (TPSA) is 6.48 Å². The summed E-state index contributed by atoms with van der Waals surface area (Å²) in [6.07, 6.45) is 0. The monoisotopic (exact) mass is 1010 g/mol. The predicted octanol–water partition coefficient (Wildman–Crippen LogP) is 20.8. The van der Waals surface area contributed by atoms with Crippen molar-refractivity contribution in [3.63, 3.8) is 0 Å². The highest BCUT2D eigenvalue weighted by atomic mass is 15.2. The molecule has 0 unspecified atom stereocenters. The van der Waals surface area contributed by atoms with Crippen LogP contribution in [0.4, 0.5) is 34.1 Å². The standard InChI is InChI=1S/C77H54N2/c1-7-24-55(25-8-1)56-42-45-66(46-43-56)78(64-35-15-5-16-36-64)68-51-61(59-29-23-30-60(50-59)71-48-44-57-26-19-20-39-70(57)76(71)58-27-9-2-10-28-58)52-69(53-68)79(65-37-17-6-18-38-65)67-47-49-73-72-40-21-22-41-74(72)77(75(73)54-67,62-31-11-3-12-32-62)63-33-13-4-14-34-63/h1-54H. The zero-order valence-corrected chi connectivity index (χ0v) is 43.6. The van der Waals surface area contributed by atoms with E-state index >= 15 is 0 Å². The quantitative estimate of drug-likeness (QED) is 0.120. The molecule has 0 heterocycles. The Labute approximate surface area is 463 Å². The summed E-state index contributed by atoms with van der Waals surface area (Å²) in [6.45, 7) is 0. The molecule has 0 fully saturated rings. The van der Waals surface area contributed by atoms with Crippen molar-refractivity contribution in [3.05, 3.63) is 350 Å². The van der Waals surface area contributed by atoms with E-state index in [9.17, 15) is 0 Å². The summed E-state index contributed by atoms with van der Waals surface area (Å²) >= 11 is 0. The van der Waals surface area contributed by atoms with Gasteiger partial charge in [0.15, 0.2) is 0 Å². The highest BCUT2D eigenvalue weighted by Gasteiger charge is 2.46. The molecule has 0 bridgehead atoms. The first-order valence-electron chi connectivity index (χ1n) is 27.2. The maximum atomic E-state index is 2.47. The van der Waals surface area contributed by atoms with E-state index in [0.29, 0.717) is 0 Å². The minimum Gasteiger partial charge on any atom is -0.310 e. The van der Waals surface area contributed by atoms with Gasteiger partial charge in [-0.3, -0.25) is 0 Å². The fourth-order valence-electron chi connectivity index (χ4n) is 12.4. The van der Waals surface area contributed by atoms with Crippen LogP contribution in [-0.4, -0.2) is 0 Å². The molecule has 13 aromatic carbocycles. The van der Waals surface area contributed by atoms with Gasteiger partial charge >= 0.3 is 0 Å². The number of nitrogens with zero attached hydrogens (tertiary/aromatic N) is 2. The van der Waals surface area contributed by atoms with Crippen molar-refractivity contribution >= 4 is 44.9 Å². The molecule has 0 aromatic heterocycles. The molecule has 1 aliphatic rings. The molecule has 0 spiro atoms. The molecule has 0 aliphatic heterocycles.